The third-order valence-electron chi connectivity index (χ3n) is 2.11. The Morgan fingerprint density at radius 3 is 2.71 bits per heavy atom. The zero-order valence-corrected chi connectivity index (χ0v) is 10.1. The van der Waals surface area contributed by atoms with Crippen LogP contribution in [0.25, 0.3) is 0 Å². The van der Waals surface area contributed by atoms with Crippen LogP contribution < -0.4 is 5.32 Å². The van der Waals surface area contributed by atoms with E-state index < -0.39 is 18.0 Å². The lowest BCUT2D eigenvalue weighted by Gasteiger charge is -2.20. The van der Waals surface area contributed by atoms with Crippen LogP contribution in [0.15, 0.2) is 0 Å². The minimum absolute atomic E-state index is 0.0347. The lowest BCUT2D eigenvalue weighted by molar-refractivity contribution is -0.139. The van der Waals surface area contributed by atoms with Crippen molar-refractivity contribution in [3.63, 3.8) is 0 Å². The molecule has 0 aromatic rings. The SMILES string of the molecule is C#CCC(NC(=O)N(C)CCCOC)C(=O)O. The third kappa shape index (κ3) is 6.43. The van der Waals surface area contributed by atoms with E-state index in [2.05, 4.69) is 11.2 Å². The molecule has 0 aromatic carbocycles. The molecule has 2 amide bonds. The Kier molecular flexibility index (Phi) is 7.55. The minimum Gasteiger partial charge on any atom is -0.480 e. The highest BCUT2D eigenvalue weighted by Gasteiger charge is 2.20. The highest BCUT2D eigenvalue weighted by molar-refractivity contribution is 5.82. The van der Waals surface area contributed by atoms with Crippen LogP contribution in [0.4, 0.5) is 4.79 Å². The van der Waals surface area contributed by atoms with Crippen LogP contribution in [0.5, 0.6) is 0 Å². The average Bonchev–Trinajstić information content (AvgIpc) is 2.28. The van der Waals surface area contributed by atoms with Crippen LogP contribution >= 0.6 is 0 Å². The number of carboxylic acid groups (broad SMARTS) is 1. The molecule has 0 saturated heterocycles. The van der Waals surface area contributed by atoms with Gasteiger partial charge in [0.2, 0.25) is 0 Å². The third-order valence-corrected chi connectivity index (χ3v) is 2.11. The molecule has 0 spiro atoms. The molecule has 17 heavy (non-hydrogen) atoms. The van der Waals surface area contributed by atoms with Crippen LogP contribution in [0.1, 0.15) is 12.8 Å². The van der Waals surface area contributed by atoms with Crippen molar-refractivity contribution in [2.24, 2.45) is 0 Å². The molecule has 0 heterocycles. The van der Waals surface area contributed by atoms with E-state index in [1.807, 2.05) is 0 Å². The maximum atomic E-state index is 11.6. The van der Waals surface area contributed by atoms with E-state index in [1.54, 1.807) is 14.2 Å². The number of methoxy groups -OCH3 is 1. The number of aliphatic carboxylic acids is 1. The molecule has 1 unspecified atom stereocenters. The molecule has 1 atom stereocenters. The summed E-state index contributed by atoms with van der Waals surface area (Å²) in [5.74, 6) is 1.07. The molecule has 96 valence electrons. The Morgan fingerprint density at radius 2 is 2.24 bits per heavy atom. The van der Waals surface area contributed by atoms with Gasteiger partial charge in [-0.3, -0.25) is 0 Å². The van der Waals surface area contributed by atoms with Gasteiger partial charge in [-0.05, 0) is 6.42 Å². The molecule has 2 N–H and O–H groups in total. The number of nitrogens with zero attached hydrogens (tertiary/aromatic N) is 1. The Balaban J connectivity index is 4.12. The first-order chi connectivity index (χ1) is 8.02. The number of carbonyl (C=O) groups excluding carboxylic acids is 1. The smallest absolute Gasteiger partial charge is 0.327 e. The van der Waals surface area contributed by atoms with Crippen LogP contribution in [-0.4, -0.2) is 55.4 Å². The summed E-state index contributed by atoms with van der Waals surface area (Å²) in [5.41, 5.74) is 0. The Morgan fingerprint density at radius 1 is 1.59 bits per heavy atom. The molecule has 0 radical (unpaired) electrons. The highest BCUT2D eigenvalue weighted by atomic mass is 16.5. The fourth-order valence-electron chi connectivity index (χ4n) is 1.12. The summed E-state index contributed by atoms with van der Waals surface area (Å²) in [6, 6.07) is -1.50. The fraction of sp³-hybridized carbons (Fsp3) is 0.636. The van der Waals surface area contributed by atoms with Gasteiger partial charge >= 0.3 is 12.0 Å². The number of carboxylic acids is 1. The van der Waals surface area contributed by atoms with Crippen molar-refractivity contribution >= 4 is 12.0 Å². The van der Waals surface area contributed by atoms with E-state index >= 15 is 0 Å². The largest absolute Gasteiger partial charge is 0.480 e. The number of hydrogen-bond acceptors (Lipinski definition) is 3. The summed E-state index contributed by atoms with van der Waals surface area (Å²) < 4.78 is 4.85. The molecule has 6 heteroatoms. The van der Waals surface area contributed by atoms with Crippen molar-refractivity contribution in [3.05, 3.63) is 0 Å². The number of nitrogens with one attached hydrogen (secondary N) is 1. The zero-order chi connectivity index (χ0) is 13.3. The van der Waals surface area contributed by atoms with Crippen LogP contribution in [0.2, 0.25) is 0 Å². The van der Waals surface area contributed by atoms with Gasteiger partial charge in [0, 0.05) is 33.7 Å². The quantitative estimate of drug-likeness (QED) is 0.491. The lowest BCUT2D eigenvalue weighted by atomic mass is 10.2. The minimum atomic E-state index is -1.14. The number of rotatable bonds is 7. The summed E-state index contributed by atoms with van der Waals surface area (Å²) in [5, 5.41) is 11.1. The number of amides is 2. The molecule has 0 saturated carbocycles. The molecular weight excluding hydrogens is 224 g/mol. The molecule has 0 bridgehead atoms. The molecule has 0 aliphatic carbocycles. The summed E-state index contributed by atoms with van der Waals surface area (Å²) >= 11 is 0. The van der Waals surface area contributed by atoms with E-state index in [0.717, 1.165) is 0 Å². The molecule has 0 aliphatic heterocycles. The number of urea groups is 1. The van der Waals surface area contributed by atoms with Gasteiger partial charge in [-0.2, -0.15) is 0 Å². The first-order valence-electron chi connectivity index (χ1n) is 5.19. The maximum Gasteiger partial charge on any atom is 0.327 e. The van der Waals surface area contributed by atoms with Gasteiger partial charge in [0.05, 0.1) is 0 Å². The van der Waals surface area contributed by atoms with Gasteiger partial charge in [-0.1, -0.05) is 0 Å². The predicted octanol–water partition coefficient (Wildman–Crippen LogP) is 0.141. The first-order valence-corrected chi connectivity index (χ1v) is 5.19. The van der Waals surface area contributed by atoms with E-state index in [-0.39, 0.29) is 6.42 Å². The molecule has 0 aliphatic rings. The van der Waals surface area contributed by atoms with E-state index in [1.165, 1.54) is 4.90 Å². The number of ether oxygens (including phenoxy) is 1. The molecule has 0 rings (SSSR count). The molecular formula is C11H18N2O4. The van der Waals surface area contributed by atoms with Crippen LogP contribution in [-0.2, 0) is 9.53 Å². The average molecular weight is 242 g/mol. The first kappa shape index (κ1) is 15.3. The van der Waals surface area contributed by atoms with E-state index in [0.29, 0.717) is 19.6 Å². The van der Waals surface area contributed by atoms with Crippen molar-refractivity contribution in [1.29, 1.82) is 0 Å². The van der Waals surface area contributed by atoms with Gasteiger partial charge in [0.1, 0.15) is 6.04 Å². The van der Waals surface area contributed by atoms with Gasteiger partial charge in [-0.25, -0.2) is 9.59 Å². The Labute approximate surface area is 101 Å². The summed E-state index contributed by atoms with van der Waals surface area (Å²) in [6.45, 7) is 1.03. The van der Waals surface area contributed by atoms with E-state index in [4.69, 9.17) is 16.3 Å². The monoisotopic (exact) mass is 242 g/mol. The predicted molar refractivity (Wildman–Crippen MR) is 62.5 cm³/mol. The summed E-state index contributed by atoms with van der Waals surface area (Å²) in [7, 11) is 3.16. The summed E-state index contributed by atoms with van der Waals surface area (Å²) in [6.07, 6.45) is 5.68. The van der Waals surface area contributed by atoms with Crippen molar-refractivity contribution < 1.29 is 19.4 Å². The second-order valence-electron chi connectivity index (χ2n) is 3.52. The van der Waals surface area contributed by atoms with E-state index in [9.17, 15) is 9.59 Å². The topological polar surface area (TPSA) is 78.9 Å². The molecule has 0 fully saturated rings. The van der Waals surface area contributed by atoms with Gasteiger partial charge in [-0.15, -0.1) is 12.3 Å². The summed E-state index contributed by atoms with van der Waals surface area (Å²) in [4.78, 5) is 23.7. The normalized spacial score (nSPS) is 11.4. The van der Waals surface area contributed by atoms with Gasteiger partial charge < -0.3 is 20.1 Å². The van der Waals surface area contributed by atoms with Crippen molar-refractivity contribution in [1.82, 2.24) is 10.2 Å². The fourth-order valence-corrected chi connectivity index (χ4v) is 1.12. The second kappa shape index (κ2) is 8.42. The van der Waals surface area contributed by atoms with Crippen molar-refractivity contribution in [2.75, 3.05) is 27.3 Å². The number of terminal acetylenes is 1. The standard InChI is InChI=1S/C11H18N2O4/c1-4-6-9(10(14)15)12-11(16)13(2)7-5-8-17-3/h1,9H,5-8H2,2-3H3,(H,12,16)(H,14,15). The van der Waals surface area contributed by atoms with Crippen LogP contribution in [0, 0.1) is 12.3 Å². The highest BCUT2D eigenvalue weighted by Crippen LogP contribution is 1.95. The zero-order valence-electron chi connectivity index (χ0n) is 10.1. The van der Waals surface area contributed by atoms with Crippen molar-refractivity contribution in [3.8, 4) is 12.3 Å². The lowest BCUT2D eigenvalue weighted by Crippen LogP contribution is -2.46. The van der Waals surface area contributed by atoms with Crippen molar-refractivity contribution in [2.45, 2.75) is 18.9 Å². The van der Waals surface area contributed by atoms with Crippen LogP contribution in [0.3, 0.4) is 0 Å². The number of carbonyl (C=O) groups is 2. The molecule has 6 nitrogen and oxygen atoms in total. The Hall–Kier alpha value is -1.74. The van der Waals surface area contributed by atoms with Gasteiger partial charge in [0.15, 0.2) is 0 Å². The maximum absolute atomic E-state index is 11.6. The van der Waals surface area contributed by atoms with Gasteiger partial charge in [0.25, 0.3) is 0 Å². The Bertz CT molecular complexity index is 298. The second-order valence-corrected chi connectivity index (χ2v) is 3.52. The molecule has 0 aromatic heterocycles. The number of hydrogen-bond donors (Lipinski definition) is 2.